The van der Waals surface area contributed by atoms with Crippen molar-refractivity contribution in [1.29, 1.82) is 0 Å². The van der Waals surface area contributed by atoms with Gasteiger partial charge in [0, 0.05) is 6.07 Å². The summed E-state index contributed by atoms with van der Waals surface area (Å²) in [4.78, 5) is 4.86. The summed E-state index contributed by atoms with van der Waals surface area (Å²) in [6.07, 6.45) is 0. The van der Waals surface area contributed by atoms with E-state index < -0.39 is 5.41 Å². The first-order chi connectivity index (χ1) is 14.7. The Morgan fingerprint density at radius 2 is 1.20 bits per heavy atom. The Kier molecular flexibility index (Phi) is 4.49. The van der Waals surface area contributed by atoms with Crippen LogP contribution in [0.2, 0.25) is 5.15 Å². The van der Waals surface area contributed by atoms with Crippen LogP contribution in [0, 0.1) is 0 Å². The summed E-state index contributed by atoms with van der Waals surface area (Å²) in [6, 6.07) is 32.7. The third-order valence-electron chi connectivity index (χ3n) is 5.52. The standard InChI is InChI=1S/C25H19ClN4/c26-21-16-20-22(24(27)30-29-20)23(28-21)25(17-10-4-1-5-11-17,18-12-6-2-7-13-18)19-14-8-3-9-15-19/h1-16H,(H3,27,29,30). The summed E-state index contributed by atoms with van der Waals surface area (Å²) in [5.74, 6) is 0.399. The van der Waals surface area contributed by atoms with E-state index in [9.17, 15) is 0 Å². The predicted octanol–water partition coefficient (Wildman–Crippen LogP) is 5.58. The zero-order chi connectivity index (χ0) is 20.6. The number of hydrogen-bond acceptors (Lipinski definition) is 3. The number of nitrogen functional groups attached to an aromatic ring is 1. The van der Waals surface area contributed by atoms with Crippen LogP contribution in [0.1, 0.15) is 22.4 Å². The van der Waals surface area contributed by atoms with Crippen molar-refractivity contribution in [2.24, 2.45) is 0 Å². The molecule has 5 heteroatoms. The second-order valence-electron chi connectivity index (χ2n) is 7.17. The number of nitrogens with zero attached hydrogens (tertiary/aromatic N) is 2. The number of rotatable bonds is 4. The fourth-order valence-corrected chi connectivity index (χ4v) is 4.48. The smallest absolute Gasteiger partial charge is 0.155 e. The minimum absolute atomic E-state index is 0.383. The van der Waals surface area contributed by atoms with Crippen LogP contribution in [-0.2, 0) is 5.41 Å². The second-order valence-corrected chi connectivity index (χ2v) is 7.56. The maximum Gasteiger partial charge on any atom is 0.155 e. The molecule has 0 saturated heterocycles. The summed E-state index contributed by atoms with van der Waals surface area (Å²) >= 11 is 6.50. The fourth-order valence-electron chi connectivity index (χ4n) is 4.28. The quantitative estimate of drug-likeness (QED) is 0.300. The second kappa shape index (κ2) is 7.32. The molecule has 2 heterocycles. The number of anilines is 1. The van der Waals surface area contributed by atoms with Gasteiger partial charge in [0.15, 0.2) is 5.82 Å². The molecule has 3 aromatic carbocycles. The number of pyridine rings is 1. The Morgan fingerprint density at radius 1 is 0.733 bits per heavy atom. The van der Waals surface area contributed by atoms with E-state index in [0.717, 1.165) is 33.3 Å². The Balaban J connectivity index is 2.02. The third kappa shape index (κ3) is 2.77. The summed E-state index contributed by atoms with van der Waals surface area (Å²) in [5.41, 5.74) is 10.3. The van der Waals surface area contributed by atoms with E-state index >= 15 is 0 Å². The van der Waals surface area contributed by atoms with Crippen molar-refractivity contribution in [1.82, 2.24) is 15.2 Å². The molecule has 0 unspecified atom stereocenters. The van der Waals surface area contributed by atoms with Crippen molar-refractivity contribution in [3.63, 3.8) is 0 Å². The van der Waals surface area contributed by atoms with E-state index in [2.05, 4.69) is 46.6 Å². The lowest BCUT2D eigenvalue weighted by Gasteiger charge is -2.36. The highest BCUT2D eigenvalue weighted by atomic mass is 35.5. The van der Waals surface area contributed by atoms with Crippen molar-refractivity contribution in [2.75, 3.05) is 5.73 Å². The number of nitrogens with two attached hydrogens (primary N) is 1. The molecule has 0 aliphatic heterocycles. The molecule has 0 aliphatic rings. The molecule has 5 aromatic rings. The van der Waals surface area contributed by atoms with Gasteiger partial charge in [0.2, 0.25) is 0 Å². The topological polar surface area (TPSA) is 67.6 Å². The van der Waals surface area contributed by atoms with Crippen LogP contribution in [-0.4, -0.2) is 15.2 Å². The summed E-state index contributed by atoms with van der Waals surface area (Å²) in [7, 11) is 0. The molecule has 0 bridgehead atoms. The number of fused-ring (bicyclic) bond motifs is 1. The highest BCUT2D eigenvalue weighted by Crippen LogP contribution is 2.47. The number of nitrogens with one attached hydrogen (secondary N) is 1. The van der Waals surface area contributed by atoms with Gasteiger partial charge < -0.3 is 5.73 Å². The van der Waals surface area contributed by atoms with E-state index in [0.29, 0.717) is 11.0 Å². The average molecular weight is 411 g/mol. The molecule has 146 valence electrons. The van der Waals surface area contributed by atoms with E-state index in [4.69, 9.17) is 22.3 Å². The highest BCUT2D eigenvalue weighted by Gasteiger charge is 2.42. The van der Waals surface area contributed by atoms with Gasteiger partial charge in [-0.05, 0) is 16.7 Å². The zero-order valence-electron chi connectivity index (χ0n) is 16.1. The van der Waals surface area contributed by atoms with Gasteiger partial charge in [0.05, 0.1) is 22.0 Å². The molecule has 0 radical (unpaired) electrons. The summed E-state index contributed by atoms with van der Waals surface area (Å²) < 4.78 is 0. The van der Waals surface area contributed by atoms with E-state index in [1.54, 1.807) is 6.07 Å². The lowest BCUT2D eigenvalue weighted by molar-refractivity contribution is 0.723. The number of aromatic nitrogens is 3. The first-order valence-corrected chi connectivity index (χ1v) is 10.1. The first kappa shape index (κ1) is 18.4. The average Bonchev–Trinajstić information content (AvgIpc) is 3.17. The van der Waals surface area contributed by atoms with Gasteiger partial charge >= 0.3 is 0 Å². The van der Waals surface area contributed by atoms with Gasteiger partial charge in [-0.2, -0.15) is 5.10 Å². The molecule has 0 aliphatic carbocycles. The van der Waals surface area contributed by atoms with Crippen molar-refractivity contribution in [3.8, 4) is 0 Å². The SMILES string of the molecule is Nc1n[nH]c2cc(Cl)nc(C(c3ccccc3)(c3ccccc3)c3ccccc3)c12. The van der Waals surface area contributed by atoms with Crippen LogP contribution in [0.4, 0.5) is 5.82 Å². The number of aromatic amines is 1. The molecule has 4 nitrogen and oxygen atoms in total. The van der Waals surface area contributed by atoms with Crippen LogP contribution in [0.25, 0.3) is 10.9 Å². The van der Waals surface area contributed by atoms with Crippen molar-refractivity contribution in [3.05, 3.63) is 125 Å². The Morgan fingerprint density at radius 3 is 1.67 bits per heavy atom. The Labute approximate surface area is 179 Å². The fraction of sp³-hybridized carbons (Fsp3) is 0.0400. The highest BCUT2D eigenvalue weighted by molar-refractivity contribution is 6.30. The molecule has 3 N–H and O–H groups in total. The molecule has 0 spiro atoms. The summed E-state index contributed by atoms with van der Waals surface area (Å²) in [5, 5.41) is 8.40. The first-order valence-electron chi connectivity index (χ1n) is 9.68. The molecule has 5 rings (SSSR count). The van der Waals surface area contributed by atoms with Gasteiger partial charge in [-0.3, -0.25) is 5.10 Å². The van der Waals surface area contributed by atoms with Crippen LogP contribution >= 0.6 is 11.6 Å². The number of halogens is 1. The van der Waals surface area contributed by atoms with E-state index in [1.165, 1.54) is 0 Å². The maximum absolute atomic E-state index is 6.50. The Bertz CT molecular complexity index is 1200. The van der Waals surface area contributed by atoms with Gasteiger partial charge in [-0.25, -0.2) is 4.98 Å². The molecule has 0 atom stereocenters. The largest absolute Gasteiger partial charge is 0.382 e. The van der Waals surface area contributed by atoms with Crippen molar-refractivity contribution < 1.29 is 0 Å². The van der Waals surface area contributed by atoms with E-state index in [1.807, 2.05) is 54.6 Å². The zero-order valence-corrected chi connectivity index (χ0v) is 16.8. The van der Waals surface area contributed by atoms with Crippen LogP contribution in [0.3, 0.4) is 0 Å². The third-order valence-corrected chi connectivity index (χ3v) is 5.71. The predicted molar refractivity (Wildman–Crippen MR) is 122 cm³/mol. The van der Waals surface area contributed by atoms with Gasteiger partial charge in [0.1, 0.15) is 5.15 Å². The molecule has 30 heavy (non-hydrogen) atoms. The van der Waals surface area contributed by atoms with Crippen molar-refractivity contribution in [2.45, 2.75) is 5.41 Å². The number of H-pyrrole nitrogens is 1. The molecule has 0 saturated carbocycles. The minimum Gasteiger partial charge on any atom is -0.382 e. The maximum atomic E-state index is 6.50. The van der Waals surface area contributed by atoms with Crippen LogP contribution in [0.15, 0.2) is 97.1 Å². The van der Waals surface area contributed by atoms with Crippen LogP contribution in [0.5, 0.6) is 0 Å². The Hall–Kier alpha value is -3.63. The van der Waals surface area contributed by atoms with Crippen LogP contribution < -0.4 is 5.73 Å². The molecule has 2 aromatic heterocycles. The lowest BCUT2D eigenvalue weighted by atomic mass is 9.66. The van der Waals surface area contributed by atoms with Gasteiger partial charge in [0.25, 0.3) is 0 Å². The van der Waals surface area contributed by atoms with Gasteiger partial charge in [-0.15, -0.1) is 0 Å². The monoisotopic (exact) mass is 410 g/mol. The lowest BCUT2D eigenvalue weighted by Crippen LogP contribution is -2.32. The van der Waals surface area contributed by atoms with Crippen molar-refractivity contribution >= 4 is 28.3 Å². The number of benzene rings is 3. The molecule has 0 fully saturated rings. The molecular weight excluding hydrogens is 392 g/mol. The minimum atomic E-state index is -0.731. The normalized spacial score (nSPS) is 11.6. The van der Waals surface area contributed by atoms with Gasteiger partial charge in [-0.1, -0.05) is 103 Å². The summed E-state index contributed by atoms with van der Waals surface area (Å²) in [6.45, 7) is 0. The molecular formula is C25H19ClN4. The molecule has 0 amide bonds. The van der Waals surface area contributed by atoms with E-state index in [-0.39, 0.29) is 0 Å². The number of hydrogen-bond donors (Lipinski definition) is 2.